The number of rotatable bonds is 0. The summed E-state index contributed by atoms with van der Waals surface area (Å²) in [7, 11) is 0. The van der Waals surface area contributed by atoms with Crippen LogP contribution in [-0.4, -0.2) is 0 Å². The molecule has 5 rings (SSSR count). The van der Waals surface area contributed by atoms with Crippen LogP contribution in [0.2, 0.25) is 0 Å². The van der Waals surface area contributed by atoms with Crippen molar-refractivity contribution in [1.29, 1.82) is 0 Å². The molecule has 0 bridgehead atoms. The van der Waals surface area contributed by atoms with Crippen LogP contribution in [0.3, 0.4) is 0 Å². The van der Waals surface area contributed by atoms with Crippen molar-refractivity contribution in [3.8, 4) is 0 Å². The lowest BCUT2D eigenvalue weighted by molar-refractivity contribution is -0.211. The van der Waals surface area contributed by atoms with Gasteiger partial charge >= 0.3 is 0 Å². The summed E-state index contributed by atoms with van der Waals surface area (Å²) >= 11 is 0. The number of hydrogen-bond acceptors (Lipinski definition) is 0. The molecule has 0 aromatic heterocycles. The van der Waals surface area contributed by atoms with Gasteiger partial charge in [-0.3, -0.25) is 0 Å². The molecule has 170 valence electrons. The fourth-order valence-corrected chi connectivity index (χ4v) is 10.6. The second kappa shape index (κ2) is 6.20. The molecule has 0 unspecified atom stereocenters. The molecule has 0 saturated heterocycles. The third-order valence-corrected chi connectivity index (χ3v) is 13.1. The molecule has 5 aliphatic carbocycles. The average Bonchev–Trinajstić information content (AvgIpc) is 2.67. The summed E-state index contributed by atoms with van der Waals surface area (Å²) in [6, 6.07) is 0. The molecule has 8 atom stereocenters. The Kier molecular flexibility index (Phi) is 4.46. The van der Waals surface area contributed by atoms with Crippen LogP contribution in [0, 0.1) is 50.2 Å². The van der Waals surface area contributed by atoms with Gasteiger partial charge in [0.05, 0.1) is 0 Å². The maximum atomic E-state index is 2.80. The highest BCUT2D eigenvalue weighted by molar-refractivity contribution is 5.35. The quantitative estimate of drug-likeness (QED) is 0.349. The predicted octanol–water partition coefficient (Wildman–Crippen LogP) is 9.20. The standard InChI is InChI=1S/C30H50/c1-21-10-9-11-22-27(21,5)13-12-23-28(22,6)17-19-30(8)24-20-25(2,3)14-15-26(24,4)16-18-29(23,30)7/h20-23H,9-19H2,1-8H3/t21-,22+,23-,26+,27+,28-,29+,30-/m0/s1. The van der Waals surface area contributed by atoms with E-state index in [4.69, 9.17) is 0 Å². The van der Waals surface area contributed by atoms with E-state index in [1.807, 2.05) is 5.57 Å². The van der Waals surface area contributed by atoms with Gasteiger partial charge in [0.25, 0.3) is 0 Å². The first-order valence-electron chi connectivity index (χ1n) is 13.5. The Morgan fingerprint density at radius 3 is 2.10 bits per heavy atom. The Hall–Kier alpha value is -0.260. The van der Waals surface area contributed by atoms with Crippen molar-refractivity contribution < 1.29 is 0 Å². The van der Waals surface area contributed by atoms with E-state index in [0.717, 1.165) is 17.8 Å². The highest BCUT2D eigenvalue weighted by Crippen LogP contribution is 2.77. The molecule has 0 heteroatoms. The van der Waals surface area contributed by atoms with Crippen molar-refractivity contribution >= 4 is 0 Å². The molecule has 0 aromatic rings. The second-order valence-corrected chi connectivity index (χ2v) is 14.8. The summed E-state index contributed by atoms with van der Waals surface area (Å²) in [6.07, 6.45) is 18.9. The number of hydrogen-bond donors (Lipinski definition) is 0. The van der Waals surface area contributed by atoms with E-state index >= 15 is 0 Å². The molecule has 30 heavy (non-hydrogen) atoms. The molecule has 5 aliphatic rings. The molecular weight excluding hydrogens is 360 g/mol. The largest absolute Gasteiger partial charge is 0.0785 e. The molecule has 0 heterocycles. The van der Waals surface area contributed by atoms with Crippen molar-refractivity contribution in [3.63, 3.8) is 0 Å². The summed E-state index contributed by atoms with van der Waals surface area (Å²) < 4.78 is 0. The fourth-order valence-electron chi connectivity index (χ4n) is 10.6. The minimum absolute atomic E-state index is 0.390. The SMILES string of the molecule is C[C@H]1CCC[C@@H]2[C@]1(C)CC[C@H]1[C@@]2(C)CC[C@@]2(C)C3=CC(C)(C)CC[C@]3(C)CC[C@]12C. The Labute approximate surface area is 188 Å². The highest BCUT2D eigenvalue weighted by atomic mass is 14.7. The smallest absolute Gasteiger partial charge is 0.00539 e. The van der Waals surface area contributed by atoms with E-state index in [1.54, 1.807) is 0 Å². The molecule has 0 N–H and O–H groups in total. The fraction of sp³-hybridized carbons (Fsp3) is 0.933. The van der Waals surface area contributed by atoms with Crippen LogP contribution in [0.15, 0.2) is 11.6 Å². The molecule has 4 fully saturated rings. The van der Waals surface area contributed by atoms with Crippen molar-refractivity contribution in [2.75, 3.05) is 0 Å². The van der Waals surface area contributed by atoms with Crippen LogP contribution in [0.5, 0.6) is 0 Å². The zero-order valence-corrected chi connectivity index (χ0v) is 21.6. The van der Waals surface area contributed by atoms with E-state index in [2.05, 4.69) is 61.5 Å². The Balaban J connectivity index is 1.59. The summed E-state index contributed by atoms with van der Waals surface area (Å²) in [6.45, 7) is 21.2. The first-order chi connectivity index (χ1) is 13.8. The molecular formula is C30H50. The van der Waals surface area contributed by atoms with Gasteiger partial charge in [-0.1, -0.05) is 79.9 Å². The van der Waals surface area contributed by atoms with Gasteiger partial charge in [-0.05, 0) is 108 Å². The van der Waals surface area contributed by atoms with Gasteiger partial charge in [-0.25, -0.2) is 0 Å². The van der Waals surface area contributed by atoms with Crippen LogP contribution in [0.1, 0.15) is 126 Å². The van der Waals surface area contributed by atoms with E-state index in [-0.39, 0.29) is 0 Å². The van der Waals surface area contributed by atoms with E-state index < -0.39 is 0 Å². The topological polar surface area (TPSA) is 0 Å². The lowest BCUT2D eigenvalue weighted by atomic mass is 9.32. The number of fused-ring (bicyclic) bond motifs is 7. The van der Waals surface area contributed by atoms with Crippen molar-refractivity contribution in [1.82, 2.24) is 0 Å². The summed E-state index contributed by atoms with van der Waals surface area (Å²) in [5, 5.41) is 0. The van der Waals surface area contributed by atoms with Gasteiger partial charge in [0, 0.05) is 0 Å². The first-order valence-corrected chi connectivity index (χ1v) is 13.5. The minimum atomic E-state index is 0.390. The summed E-state index contributed by atoms with van der Waals surface area (Å²) in [5.41, 5.74) is 4.82. The van der Waals surface area contributed by atoms with E-state index in [9.17, 15) is 0 Å². The maximum absolute atomic E-state index is 2.80. The maximum Gasteiger partial charge on any atom is -0.00539 e. The molecule has 0 amide bonds. The zero-order chi connectivity index (χ0) is 21.8. The van der Waals surface area contributed by atoms with Gasteiger partial charge in [0.1, 0.15) is 0 Å². The molecule has 0 aliphatic heterocycles. The van der Waals surface area contributed by atoms with Gasteiger partial charge < -0.3 is 0 Å². The zero-order valence-electron chi connectivity index (χ0n) is 21.6. The van der Waals surface area contributed by atoms with Crippen LogP contribution < -0.4 is 0 Å². The van der Waals surface area contributed by atoms with Crippen molar-refractivity contribution in [2.45, 2.75) is 126 Å². The first kappa shape index (κ1) is 21.6. The summed E-state index contributed by atoms with van der Waals surface area (Å²) in [5.74, 6) is 2.80. The highest BCUT2D eigenvalue weighted by Gasteiger charge is 2.68. The van der Waals surface area contributed by atoms with Crippen molar-refractivity contribution in [2.24, 2.45) is 50.2 Å². The van der Waals surface area contributed by atoms with Gasteiger partial charge in [-0.15, -0.1) is 0 Å². The van der Waals surface area contributed by atoms with Gasteiger partial charge in [0.2, 0.25) is 0 Å². The van der Waals surface area contributed by atoms with E-state index in [1.165, 1.54) is 70.6 Å². The molecule has 4 saturated carbocycles. The third kappa shape index (κ3) is 2.52. The summed E-state index contributed by atoms with van der Waals surface area (Å²) in [4.78, 5) is 0. The van der Waals surface area contributed by atoms with Gasteiger partial charge in [-0.2, -0.15) is 0 Å². The lowest BCUT2D eigenvalue weighted by Gasteiger charge is -2.73. The molecule has 0 aromatic carbocycles. The lowest BCUT2D eigenvalue weighted by Crippen LogP contribution is -2.65. The molecule has 0 spiro atoms. The van der Waals surface area contributed by atoms with Crippen LogP contribution in [0.4, 0.5) is 0 Å². The molecule has 0 nitrogen and oxygen atoms in total. The van der Waals surface area contributed by atoms with Gasteiger partial charge in [0.15, 0.2) is 0 Å². The normalized spacial score (nSPS) is 57.3. The number of allylic oxidation sites excluding steroid dienone is 2. The molecule has 0 radical (unpaired) electrons. The predicted molar refractivity (Wildman–Crippen MR) is 129 cm³/mol. The van der Waals surface area contributed by atoms with Crippen molar-refractivity contribution in [3.05, 3.63) is 11.6 Å². The Bertz CT molecular complexity index is 758. The Morgan fingerprint density at radius 1 is 0.667 bits per heavy atom. The van der Waals surface area contributed by atoms with Crippen LogP contribution in [-0.2, 0) is 0 Å². The van der Waals surface area contributed by atoms with E-state index in [0.29, 0.717) is 32.5 Å². The third-order valence-electron chi connectivity index (χ3n) is 13.1. The Morgan fingerprint density at radius 2 is 1.37 bits per heavy atom. The van der Waals surface area contributed by atoms with Crippen LogP contribution in [0.25, 0.3) is 0 Å². The second-order valence-electron chi connectivity index (χ2n) is 14.8. The van der Waals surface area contributed by atoms with Crippen LogP contribution >= 0.6 is 0 Å². The monoisotopic (exact) mass is 410 g/mol. The minimum Gasteiger partial charge on any atom is -0.0785 e. The average molecular weight is 411 g/mol.